The Hall–Kier alpha value is -2.28. The van der Waals surface area contributed by atoms with Crippen LogP contribution in [0.25, 0.3) is 5.69 Å². The first-order valence-corrected chi connectivity index (χ1v) is 7.00. The highest BCUT2D eigenvalue weighted by molar-refractivity contribution is 5.91. The van der Waals surface area contributed by atoms with Crippen LogP contribution in [-0.2, 0) is 4.79 Å². The molecule has 1 amide bonds. The van der Waals surface area contributed by atoms with Gasteiger partial charge < -0.3 is 10.4 Å². The highest BCUT2D eigenvalue weighted by Gasteiger charge is 2.33. The van der Waals surface area contributed by atoms with Crippen LogP contribution in [0.2, 0.25) is 0 Å². The van der Waals surface area contributed by atoms with E-state index in [1.165, 1.54) is 11.0 Å². The lowest BCUT2D eigenvalue weighted by Gasteiger charge is -2.21. The molecule has 0 spiro atoms. The molecule has 0 bridgehead atoms. The third-order valence-electron chi connectivity index (χ3n) is 3.77. The quantitative estimate of drug-likeness (QED) is 0.884. The Morgan fingerprint density at radius 2 is 2.19 bits per heavy atom. The van der Waals surface area contributed by atoms with Crippen molar-refractivity contribution in [1.29, 1.82) is 0 Å². The summed E-state index contributed by atoms with van der Waals surface area (Å²) in [6, 6.07) is 7.24. The number of carbonyl (C=O) groups excluding carboxylic acids is 1. The fraction of sp³-hybridized carbons (Fsp3) is 0.429. The van der Waals surface area contributed by atoms with Crippen LogP contribution < -0.4 is 5.32 Å². The van der Waals surface area contributed by atoms with Gasteiger partial charge in [0.1, 0.15) is 6.33 Å². The highest BCUT2D eigenvalue weighted by atomic mass is 16.3. The molecule has 3 rings (SSSR count). The fourth-order valence-corrected chi connectivity index (χ4v) is 2.72. The minimum atomic E-state index is -0.836. The van der Waals surface area contributed by atoms with Crippen molar-refractivity contribution in [1.82, 2.24) is 20.2 Å². The van der Waals surface area contributed by atoms with Gasteiger partial charge in [-0.3, -0.25) is 4.79 Å². The second-order valence-corrected chi connectivity index (χ2v) is 5.46. The number of benzene rings is 1. The minimum absolute atomic E-state index is 0.141. The van der Waals surface area contributed by atoms with Crippen molar-refractivity contribution in [2.24, 2.45) is 0 Å². The number of rotatable bonds is 4. The number of aromatic nitrogens is 4. The van der Waals surface area contributed by atoms with Gasteiger partial charge in [0.25, 0.3) is 0 Å². The molecule has 0 atom stereocenters. The Kier molecular flexibility index (Phi) is 3.66. The van der Waals surface area contributed by atoms with Crippen molar-refractivity contribution in [3.63, 3.8) is 0 Å². The molecule has 2 N–H and O–H groups in total. The monoisotopic (exact) mass is 287 g/mol. The standard InChI is InChI=1S/C14H17N5O2/c20-13(9-14(21)6-1-2-7-14)16-11-4-3-5-12(8-11)19-10-15-17-18-19/h3-5,8,10,21H,1-2,6-7,9H2,(H,16,20). The van der Waals surface area contributed by atoms with Crippen molar-refractivity contribution in [3.05, 3.63) is 30.6 Å². The van der Waals surface area contributed by atoms with Gasteiger partial charge in [0, 0.05) is 5.69 Å². The highest BCUT2D eigenvalue weighted by Crippen LogP contribution is 2.32. The van der Waals surface area contributed by atoms with E-state index in [4.69, 9.17) is 0 Å². The molecule has 1 heterocycles. The van der Waals surface area contributed by atoms with Gasteiger partial charge in [0.2, 0.25) is 5.91 Å². The lowest BCUT2D eigenvalue weighted by atomic mass is 9.97. The molecule has 0 radical (unpaired) electrons. The Morgan fingerprint density at radius 1 is 1.38 bits per heavy atom. The molecule has 0 aliphatic heterocycles. The van der Waals surface area contributed by atoms with E-state index in [0.717, 1.165) is 18.5 Å². The van der Waals surface area contributed by atoms with E-state index in [1.807, 2.05) is 12.1 Å². The number of nitrogens with one attached hydrogen (secondary N) is 1. The normalized spacial score (nSPS) is 16.8. The molecule has 0 unspecified atom stereocenters. The van der Waals surface area contributed by atoms with Crippen LogP contribution >= 0.6 is 0 Å². The van der Waals surface area contributed by atoms with Crippen molar-refractivity contribution in [3.8, 4) is 5.69 Å². The fourth-order valence-electron chi connectivity index (χ4n) is 2.72. The van der Waals surface area contributed by atoms with Crippen molar-refractivity contribution in [2.45, 2.75) is 37.7 Å². The van der Waals surface area contributed by atoms with E-state index in [9.17, 15) is 9.90 Å². The topological polar surface area (TPSA) is 92.9 Å². The molecule has 7 heteroatoms. The van der Waals surface area contributed by atoms with Gasteiger partial charge in [-0.2, -0.15) is 0 Å². The molecule has 110 valence electrons. The predicted molar refractivity (Wildman–Crippen MR) is 75.8 cm³/mol. The summed E-state index contributed by atoms with van der Waals surface area (Å²) in [5.74, 6) is -0.173. The second-order valence-electron chi connectivity index (χ2n) is 5.46. The number of hydrogen-bond donors (Lipinski definition) is 2. The van der Waals surface area contributed by atoms with E-state index < -0.39 is 5.60 Å². The van der Waals surface area contributed by atoms with Gasteiger partial charge in [-0.25, -0.2) is 4.68 Å². The molecule has 1 aromatic carbocycles. The third kappa shape index (κ3) is 3.25. The summed E-state index contributed by atoms with van der Waals surface area (Å²) in [5, 5.41) is 24.0. The van der Waals surface area contributed by atoms with Gasteiger partial charge in [-0.1, -0.05) is 18.9 Å². The third-order valence-corrected chi connectivity index (χ3v) is 3.77. The number of hydrogen-bond acceptors (Lipinski definition) is 5. The lowest BCUT2D eigenvalue weighted by Crippen LogP contribution is -2.30. The molecule has 1 aliphatic carbocycles. The maximum absolute atomic E-state index is 12.1. The Bertz CT molecular complexity index is 620. The zero-order chi connectivity index (χ0) is 14.7. The van der Waals surface area contributed by atoms with Crippen molar-refractivity contribution >= 4 is 11.6 Å². The summed E-state index contributed by atoms with van der Waals surface area (Å²) in [6.45, 7) is 0. The van der Waals surface area contributed by atoms with Crippen LogP contribution in [0.15, 0.2) is 30.6 Å². The van der Waals surface area contributed by atoms with Crippen molar-refractivity contribution in [2.75, 3.05) is 5.32 Å². The molecule has 0 saturated heterocycles. The van der Waals surface area contributed by atoms with Crippen LogP contribution in [-0.4, -0.2) is 36.8 Å². The van der Waals surface area contributed by atoms with E-state index in [1.54, 1.807) is 12.1 Å². The van der Waals surface area contributed by atoms with Crippen LogP contribution in [0.4, 0.5) is 5.69 Å². The SMILES string of the molecule is O=C(CC1(O)CCCC1)Nc1cccc(-n2cnnn2)c1. The Labute approximate surface area is 122 Å². The number of nitrogens with zero attached hydrogens (tertiary/aromatic N) is 4. The zero-order valence-electron chi connectivity index (χ0n) is 11.6. The van der Waals surface area contributed by atoms with E-state index in [2.05, 4.69) is 20.8 Å². The van der Waals surface area contributed by atoms with Gasteiger partial charge in [-0.05, 0) is 41.5 Å². The number of tetrazole rings is 1. The number of carbonyl (C=O) groups is 1. The maximum Gasteiger partial charge on any atom is 0.227 e. The molecule has 1 fully saturated rings. The van der Waals surface area contributed by atoms with Gasteiger partial charge in [-0.15, -0.1) is 5.10 Å². The molecule has 2 aromatic rings. The summed E-state index contributed by atoms with van der Waals surface area (Å²) in [5.41, 5.74) is 0.587. The van der Waals surface area contributed by atoms with Crippen LogP contribution in [0.1, 0.15) is 32.1 Å². The number of anilines is 1. The maximum atomic E-state index is 12.1. The van der Waals surface area contributed by atoms with Gasteiger partial charge >= 0.3 is 0 Å². The minimum Gasteiger partial charge on any atom is -0.389 e. The summed E-state index contributed by atoms with van der Waals surface area (Å²) in [6.07, 6.45) is 5.00. The van der Waals surface area contributed by atoms with Crippen LogP contribution in [0.5, 0.6) is 0 Å². The van der Waals surface area contributed by atoms with Crippen LogP contribution in [0.3, 0.4) is 0 Å². The first-order chi connectivity index (χ1) is 10.1. The van der Waals surface area contributed by atoms with Crippen molar-refractivity contribution < 1.29 is 9.90 Å². The first kappa shape index (κ1) is 13.7. The average molecular weight is 287 g/mol. The molecule has 7 nitrogen and oxygen atoms in total. The number of amides is 1. The molecule has 1 saturated carbocycles. The smallest absolute Gasteiger partial charge is 0.227 e. The van der Waals surface area contributed by atoms with Gasteiger partial charge in [0.15, 0.2) is 0 Å². The molecular formula is C14H17N5O2. The predicted octanol–water partition coefficient (Wildman–Crippen LogP) is 1.30. The van der Waals surface area contributed by atoms with Crippen LogP contribution in [0, 0.1) is 0 Å². The summed E-state index contributed by atoms with van der Waals surface area (Å²) in [4.78, 5) is 12.1. The van der Waals surface area contributed by atoms with E-state index >= 15 is 0 Å². The largest absolute Gasteiger partial charge is 0.389 e. The van der Waals surface area contributed by atoms with Gasteiger partial charge in [0.05, 0.1) is 17.7 Å². The lowest BCUT2D eigenvalue weighted by molar-refractivity contribution is -0.120. The molecule has 21 heavy (non-hydrogen) atoms. The summed E-state index contributed by atoms with van der Waals surface area (Å²) >= 11 is 0. The Morgan fingerprint density at radius 3 is 2.90 bits per heavy atom. The summed E-state index contributed by atoms with van der Waals surface area (Å²) in [7, 11) is 0. The molecule has 1 aliphatic rings. The molecular weight excluding hydrogens is 270 g/mol. The van der Waals surface area contributed by atoms with E-state index in [0.29, 0.717) is 18.5 Å². The second kappa shape index (κ2) is 5.61. The number of aliphatic hydroxyl groups is 1. The van der Waals surface area contributed by atoms with E-state index in [-0.39, 0.29) is 12.3 Å². The first-order valence-electron chi connectivity index (χ1n) is 7.00. The zero-order valence-corrected chi connectivity index (χ0v) is 11.6. The molecule has 1 aromatic heterocycles. The average Bonchev–Trinajstić information content (AvgIpc) is 3.10. The summed E-state index contributed by atoms with van der Waals surface area (Å²) < 4.78 is 1.51. The Balaban J connectivity index is 1.67.